The van der Waals surface area contributed by atoms with E-state index in [1.807, 2.05) is 36.3 Å². The van der Waals surface area contributed by atoms with Crippen LogP contribution in [-0.2, 0) is 11.3 Å². The van der Waals surface area contributed by atoms with Crippen LogP contribution in [0, 0.1) is 0 Å². The molecular formula is C15H19N5S. The van der Waals surface area contributed by atoms with E-state index in [1.165, 1.54) is 24.2 Å². The van der Waals surface area contributed by atoms with Gasteiger partial charge in [-0.15, -0.1) is 22.0 Å². The molecule has 1 fully saturated rings. The maximum absolute atomic E-state index is 4.56. The molecule has 21 heavy (non-hydrogen) atoms. The first-order valence-corrected chi connectivity index (χ1v) is 8.47. The topological polar surface area (TPSA) is 55.6 Å². The van der Waals surface area contributed by atoms with E-state index >= 15 is 0 Å². The Kier molecular flexibility index (Phi) is 3.23. The third kappa shape index (κ3) is 2.17. The molecule has 5 nitrogen and oxygen atoms in total. The number of aromatic nitrogens is 4. The fourth-order valence-electron chi connectivity index (χ4n) is 3.33. The van der Waals surface area contributed by atoms with Gasteiger partial charge in [0.1, 0.15) is 5.82 Å². The first-order chi connectivity index (χ1) is 10.3. The third-order valence-corrected chi connectivity index (χ3v) is 5.97. The van der Waals surface area contributed by atoms with Crippen LogP contribution in [0.2, 0.25) is 0 Å². The number of nitrogens with one attached hydrogen (secondary N) is 1. The number of nitrogens with zero attached hydrogens (tertiary/aromatic N) is 4. The van der Waals surface area contributed by atoms with E-state index in [0.717, 1.165) is 24.7 Å². The van der Waals surface area contributed by atoms with Gasteiger partial charge in [-0.3, -0.25) is 4.98 Å². The van der Waals surface area contributed by atoms with Gasteiger partial charge < -0.3 is 9.88 Å². The first-order valence-electron chi connectivity index (χ1n) is 7.49. The van der Waals surface area contributed by atoms with E-state index in [4.69, 9.17) is 0 Å². The Balaban J connectivity index is 1.75. The minimum atomic E-state index is 0.123. The Morgan fingerprint density at radius 2 is 2.19 bits per heavy atom. The van der Waals surface area contributed by atoms with Gasteiger partial charge >= 0.3 is 0 Å². The van der Waals surface area contributed by atoms with Gasteiger partial charge in [-0.2, -0.15) is 0 Å². The van der Waals surface area contributed by atoms with Crippen molar-refractivity contribution in [2.24, 2.45) is 0 Å². The summed E-state index contributed by atoms with van der Waals surface area (Å²) in [6, 6.07) is 4.22. The monoisotopic (exact) mass is 301 g/mol. The van der Waals surface area contributed by atoms with E-state index < -0.39 is 0 Å². The quantitative estimate of drug-likeness (QED) is 0.920. The summed E-state index contributed by atoms with van der Waals surface area (Å²) in [6.45, 7) is 4.21. The fourth-order valence-corrected chi connectivity index (χ4v) is 4.64. The lowest BCUT2D eigenvalue weighted by Gasteiger charge is -2.29. The Morgan fingerprint density at radius 1 is 1.33 bits per heavy atom. The smallest absolute Gasteiger partial charge is 0.154 e. The van der Waals surface area contributed by atoms with Crippen molar-refractivity contribution >= 4 is 11.8 Å². The molecule has 4 heterocycles. The van der Waals surface area contributed by atoms with Crippen LogP contribution in [0.4, 0.5) is 0 Å². The Labute approximate surface area is 128 Å². The molecule has 0 radical (unpaired) electrons. The average molecular weight is 301 g/mol. The molecule has 0 saturated carbocycles. The minimum absolute atomic E-state index is 0.123. The van der Waals surface area contributed by atoms with Crippen molar-refractivity contribution in [3.63, 3.8) is 0 Å². The summed E-state index contributed by atoms with van der Waals surface area (Å²) < 4.78 is 2.46. The molecule has 2 atom stereocenters. The molecule has 2 aromatic heterocycles. The molecule has 110 valence electrons. The SMILES string of the molecule is CC1(c2nnc3n2CCNC3c2ccncc2)CCCS1. The number of thioether (sulfide) groups is 1. The molecule has 6 heteroatoms. The lowest BCUT2D eigenvalue weighted by atomic mass is 10.0. The van der Waals surface area contributed by atoms with E-state index in [0.29, 0.717) is 0 Å². The van der Waals surface area contributed by atoms with Crippen molar-refractivity contribution in [2.75, 3.05) is 12.3 Å². The lowest BCUT2D eigenvalue weighted by Crippen LogP contribution is -2.36. The van der Waals surface area contributed by atoms with Gasteiger partial charge in [-0.05, 0) is 43.2 Å². The highest BCUT2D eigenvalue weighted by Crippen LogP contribution is 2.46. The summed E-state index contributed by atoms with van der Waals surface area (Å²) in [6.07, 6.45) is 6.14. The van der Waals surface area contributed by atoms with Gasteiger partial charge in [0.15, 0.2) is 5.82 Å². The number of pyridine rings is 1. The second-order valence-electron chi connectivity index (χ2n) is 5.88. The van der Waals surface area contributed by atoms with Crippen LogP contribution < -0.4 is 5.32 Å². The van der Waals surface area contributed by atoms with Crippen molar-refractivity contribution < 1.29 is 0 Å². The van der Waals surface area contributed by atoms with E-state index in [2.05, 4.69) is 32.0 Å². The molecule has 0 spiro atoms. The van der Waals surface area contributed by atoms with Crippen molar-refractivity contribution in [1.29, 1.82) is 0 Å². The fraction of sp³-hybridized carbons (Fsp3) is 0.533. The summed E-state index contributed by atoms with van der Waals surface area (Å²) in [5, 5.41) is 12.6. The highest BCUT2D eigenvalue weighted by atomic mass is 32.2. The first kappa shape index (κ1) is 13.3. The predicted octanol–water partition coefficient (Wildman–Crippen LogP) is 2.11. The van der Waals surface area contributed by atoms with Crippen LogP contribution in [0.5, 0.6) is 0 Å². The van der Waals surface area contributed by atoms with Crippen molar-refractivity contribution in [1.82, 2.24) is 25.1 Å². The van der Waals surface area contributed by atoms with Gasteiger partial charge in [-0.1, -0.05) is 0 Å². The molecule has 1 N–H and O–H groups in total. The van der Waals surface area contributed by atoms with Crippen LogP contribution in [0.1, 0.15) is 43.0 Å². The molecule has 0 bridgehead atoms. The maximum Gasteiger partial charge on any atom is 0.154 e. The lowest BCUT2D eigenvalue weighted by molar-refractivity contribution is 0.433. The number of hydrogen-bond donors (Lipinski definition) is 1. The molecule has 0 amide bonds. The largest absolute Gasteiger partial charge is 0.311 e. The molecule has 0 aliphatic carbocycles. The number of fused-ring (bicyclic) bond motifs is 1. The van der Waals surface area contributed by atoms with E-state index in [1.54, 1.807) is 0 Å². The minimum Gasteiger partial charge on any atom is -0.311 e. The van der Waals surface area contributed by atoms with Crippen LogP contribution in [-0.4, -0.2) is 32.0 Å². The van der Waals surface area contributed by atoms with Crippen molar-refractivity contribution in [3.8, 4) is 0 Å². The molecular weight excluding hydrogens is 282 g/mol. The van der Waals surface area contributed by atoms with E-state index in [9.17, 15) is 0 Å². The van der Waals surface area contributed by atoms with Crippen molar-refractivity contribution in [3.05, 3.63) is 41.7 Å². The van der Waals surface area contributed by atoms with Gasteiger partial charge in [0.05, 0.1) is 10.8 Å². The highest BCUT2D eigenvalue weighted by Gasteiger charge is 2.38. The normalized spacial score (nSPS) is 28.5. The van der Waals surface area contributed by atoms with E-state index in [-0.39, 0.29) is 10.8 Å². The predicted molar refractivity (Wildman–Crippen MR) is 83.1 cm³/mol. The molecule has 2 aromatic rings. The van der Waals surface area contributed by atoms with Crippen LogP contribution >= 0.6 is 11.8 Å². The van der Waals surface area contributed by atoms with Crippen LogP contribution in [0.3, 0.4) is 0 Å². The second kappa shape index (κ2) is 5.10. The molecule has 2 unspecified atom stereocenters. The Hall–Kier alpha value is -1.40. The standard InChI is InChI=1S/C15H19N5S/c1-15(5-2-10-21-15)14-19-18-13-12(17-8-9-20(13)14)11-3-6-16-7-4-11/h3-4,6-7,12,17H,2,5,8-10H2,1H3. The van der Waals surface area contributed by atoms with Gasteiger partial charge in [-0.25, -0.2) is 0 Å². The maximum atomic E-state index is 4.56. The molecule has 2 aliphatic heterocycles. The Morgan fingerprint density at radius 3 is 2.95 bits per heavy atom. The molecule has 2 aliphatic rings. The third-order valence-electron chi connectivity index (χ3n) is 4.45. The van der Waals surface area contributed by atoms with Crippen LogP contribution in [0.25, 0.3) is 0 Å². The zero-order valence-electron chi connectivity index (χ0n) is 12.1. The van der Waals surface area contributed by atoms with Gasteiger partial charge in [0.25, 0.3) is 0 Å². The Bertz CT molecular complexity index is 633. The second-order valence-corrected chi connectivity index (χ2v) is 7.48. The summed E-state index contributed by atoms with van der Waals surface area (Å²) in [5.74, 6) is 3.42. The van der Waals surface area contributed by atoms with Gasteiger partial charge in [0.2, 0.25) is 0 Å². The number of hydrogen-bond acceptors (Lipinski definition) is 5. The van der Waals surface area contributed by atoms with Gasteiger partial charge in [0, 0.05) is 25.5 Å². The highest BCUT2D eigenvalue weighted by molar-refractivity contribution is 8.00. The average Bonchev–Trinajstić information content (AvgIpc) is 3.15. The molecule has 1 saturated heterocycles. The molecule has 4 rings (SSSR count). The summed E-state index contributed by atoms with van der Waals surface area (Å²) in [7, 11) is 0. The molecule has 0 aromatic carbocycles. The number of rotatable bonds is 2. The summed E-state index contributed by atoms with van der Waals surface area (Å²) in [5.41, 5.74) is 1.20. The zero-order valence-corrected chi connectivity index (χ0v) is 12.9. The summed E-state index contributed by atoms with van der Waals surface area (Å²) in [4.78, 5) is 4.10. The van der Waals surface area contributed by atoms with Crippen LogP contribution in [0.15, 0.2) is 24.5 Å². The van der Waals surface area contributed by atoms with Crippen molar-refractivity contribution in [2.45, 2.75) is 37.1 Å². The summed E-state index contributed by atoms with van der Waals surface area (Å²) >= 11 is 2.02. The zero-order chi connectivity index (χ0) is 14.3.